The van der Waals surface area contributed by atoms with Gasteiger partial charge in [-0.15, -0.1) is 0 Å². The molecule has 1 aliphatic heterocycles. The monoisotopic (exact) mass is 274 g/mol. The van der Waals surface area contributed by atoms with E-state index in [0.29, 0.717) is 11.3 Å². The van der Waals surface area contributed by atoms with Crippen molar-refractivity contribution in [3.05, 3.63) is 30.2 Å². The molecule has 102 valence electrons. The van der Waals surface area contributed by atoms with E-state index < -0.39 is 12.0 Å². The number of hydrogen-bond donors (Lipinski definition) is 2. The summed E-state index contributed by atoms with van der Waals surface area (Å²) in [6.07, 6.45) is 4.85. The number of nitrogens with one attached hydrogen (secondary N) is 1. The van der Waals surface area contributed by atoms with Crippen LogP contribution in [0.3, 0.4) is 0 Å². The van der Waals surface area contributed by atoms with Crippen LogP contribution < -0.4 is 10.2 Å². The lowest BCUT2D eigenvalue weighted by molar-refractivity contribution is -0.120. The van der Waals surface area contributed by atoms with Gasteiger partial charge in [0.25, 0.3) is 0 Å². The number of carbonyl (C=O) groups excluding carboxylic acids is 2. The van der Waals surface area contributed by atoms with Gasteiger partial charge in [0.2, 0.25) is 5.91 Å². The van der Waals surface area contributed by atoms with Gasteiger partial charge in [-0.25, -0.2) is 14.6 Å². The van der Waals surface area contributed by atoms with Crippen LogP contribution in [0.15, 0.2) is 24.7 Å². The number of imidazole rings is 1. The van der Waals surface area contributed by atoms with Crippen molar-refractivity contribution in [2.24, 2.45) is 0 Å². The van der Waals surface area contributed by atoms with Gasteiger partial charge in [0.15, 0.2) is 5.65 Å². The first kappa shape index (κ1) is 12.2. The lowest BCUT2D eigenvalue weighted by Crippen LogP contribution is -2.49. The van der Waals surface area contributed by atoms with Crippen LogP contribution >= 0.6 is 0 Å². The van der Waals surface area contributed by atoms with Gasteiger partial charge in [0, 0.05) is 31.6 Å². The van der Waals surface area contributed by atoms with Gasteiger partial charge < -0.3 is 9.51 Å². The summed E-state index contributed by atoms with van der Waals surface area (Å²) in [5.41, 5.74) is 0.699. The Morgan fingerprint density at radius 1 is 1.40 bits per heavy atom. The first-order chi connectivity index (χ1) is 9.56. The molecule has 8 heteroatoms. The summed E-state index contributed by atoms with van der Waals surface area (Å²) in [4.78, 5) is 39.5. The molecule has 20 heavy (non-hydrogen) atoms. The highest BCUT2D eigenvalue weighted by Gasteiger charge is 2.25. The minimum atomic E-state index is -1.13. The highest BCUT2D eigenvalue weighted by molar-refractivity contribution is 6.06. The van der Waals surface area contributed by atoms with Gasteiger partial charge >= 0.3 is 12.0 Å². The summed E-state index contributed by atoms with van der Waals surface area (Å²) in [5.74, 6) is -1.47. The maximum atomic E-state index is 11.8. The van der Waals surface area contributed by atoms with Gasteiger partial charge in [0.05, 0.1) is 5.69 Å². The summed E-state index contributed by atoms with van der Waals surface area (Å²) in [7, 11) is 0. The Labute approximate surface area is 112 Å². The van der Waals surface area contributed by atoms with Crippen molar-refractivity contribution >= 4 is 29.2 Å². The molecule has 1 aliphatic rings. The lowest BCUT2D eigenvalue weighted by Gasteiger charge is -2.26. The number of nitrogens with zero attached hydrogens (tertiary/aromatic N) is 3. The third-order valence-electron chi connectivity index (χ3n) is 3.07. The number of imide groups is 1. The Bertz CT molecular complexity index is 736. The largest absolute Gasteiger partial charge is 0.478 e. The number of hydrogen-bond acceptors (Lipinski definition) is 4. The predicted octanol–water partition coefficient (Wildman–Crippen LogP) is 0.479. The Hall–Kier alpha value is -2.90. The molecule has 0 spiro atoms. The van der Waals surface area contributed by atoms with Crippen LogP contribution in [0.5, 0.6) is 0 Å². The minimum Gasteiger partial charge on any atom is -0.478 e. The van der Waals surface area contributed by atoms with Crippen LogP contribution in [0.2, 0.25) is 0 Å². The first-order valence-corrected chi connectivity index (χ1v) is 5.87. The molecule has 3 rings (SSSR count). The van der Waals surface area contributed by atoms with E-state index in [0.717, 1.165) is 0 Å². The standard InChI is InChI=1S/C12H10N4O4/c17-9-1-3-16(12(20)14-9)7-5-8(11(18)19)10-13-2-4-15(10)6-7/h2,4-6H,1,3H2,(H,18,19)(H,14,17,20). The summed E-state index contributed by atoms with van der Waals surface area (Å²) in [5, 5.41) is 11.4. The van der Waals surface area contributed by atoms with Crippen LogP contribution in [-0.4, -0.2) is 38.9 Å². The van der Waals surface area contributed by atoms with E-state index in [2.05, 4.69) is 10.3 Å². The summed E-state index contributed by atoms with van der Waals surface area (Å²) in [6, 6.07) is 0.817. The number of carboxylic acids is 1. The van der Waals surface area contributed by atoms with E-state index in [9.17, 15) is 19.5 Å². The second-order valence-electron chi connectivity index (χ2n) is 4.33. The third-order valence-corrected chi connectivity index (χ3v) is 3.07. The molecule has 1 fully saturated rings. The van der Waals surface area contributed by atoms with Crippen molar-refractivity contribution < 1.29 is 19.5 Å². The molecule has 3 heterocycles. The minimum absolute atomic E-state index is 0.00259. The fourth-order valence-electron chi connectivity index (χ4n) is 2.13. The number of carbonyl (C=O) groups is 3. The number of amides is 3. The molecule has 0 aliphatic carbocycles. The molecule has 8 nitrogen and oxygen atoms in total. The lowest BCUT2D eigenvalue weighted by atomic mass is 10.2. The normalized spacial score (nSPS) is 15.5. The quantitative estimate of drug-likeness (QED) is 0.828. The van der Waals surface area contributed by atoms with Gasteiger partial charge in [-0.1, -0.05) is 0 Å². The summed E-state index contributed by atoms with van der Waals surface area (Å²) < 4.78 is 1.53. The van der Waals surface area contributed by atoms with Crippen molar-refractivity contribution in [1.82, 2.24) is 14.7 Å². The average Bonchev–Trinajstić information content (AvgIpc) is 2.85. The Morgan fingerprint density at radius 2 is 2.20 bits per heavy atom. The molecule has 0 unspecified atom stereocenters. The number of pyridine rings is 1. The molecule has 2 aromatic rings. The molecule has 2 N–H and O–H groups in total. The second-order valence-corrected chi connectivity index (χ2v) is 4.33. The van der Waals surface area contributed by atoms with E-state index in [-0.39, 0.29) is 24.4 Å². The molecule has 3 amide bonds. The molecule has 0 aromatic carbocycles. The topological polar surface area (TPSA) is 104 Å². The molecule has 1 saturated heterocycles. The molecule has 0 bridgehead atoms. The number of rotatable bonds is 2. The highest BCUT2D eigenvalue weighted by atomic mass is 16.4. The smallest absolute Gasteiger partial charge is 0.339 e. The van der Waals surface area contributed by atoms with Crippen LogP contribution in [0, 0.1) is 0 Å². The van der Waals surface area contributed by atoms with Crippen molar-refractivity contribution in [3.63, 3.8) is 0 Å². The van der Waals surface area contributed by atoms with Crippen molar-refractivity contribution in [3.8, 4) is 0 Å². The van der Waals surface area contributed by atoms with Crippen LogP contribution in [0.4, 0.5) is 10.5 Å². The van der Waals surface area contributed by atoms with E-state index in [1.165, 1.54) is 21.6 Å². The summed E-state index contributed by atoms with van der Waals surface area (Å²) in [6.45, 7) is 0.212. The van der Waals surface area contributed by atoms with Crippen molar-refractivity contribution in [2.75, 3.05) is 11.4 Å². The number of carboxylic acid groups (broad SMARTS) is 1. The average molecular weight is 274 g/mol. The Morgan fingerprint density at radius 3 is 2.90 bits per heavy atom. The number of aromatic nitrogens is 2. The van der Waals surface area contributed by atoms with E-state index in [1.807, 2.05) is 0 Å². The van der Waals surface area contributed by atoms with E-state index in [4.69, 9.17) is 0 Å². The predicted molar refractivity (Wildman–Crippen MR) is 67.7 cm³/mol. The van der Waals surface area contributed by atoms with Crippen LogP contribution in [0.25, 0.3) is 5.65 Å². The zero-order valence-corrected chi connectivity index (χ0v) is 10.2. The number of aromatic carboxylic acids is 1. The maximum absolute atomic E-state index is 11.8. The van der Waals surface area contributed by atoms with Gasteiger partial charge in [-0.05, 0) is 6.07 Å². The number of fused-ring (bicyclic) bond motifs is 1. The van der Waals surface area contributed by atoms with Crippen LogP contribution in [-0.2, 0) is 4.79 Å². The molecule has 2 aromatic heterocycles. The zero-order valence-electron chi connectivity index (χ0n) is 10.2. The Balaban J connectivity index is 2.10. The molecular formula is C12H10N4O4. The zero-order chi connectivity index (χ0) is 14.3. The number of urea groups is 1. The maximum Gasteiger partial charge on any atom is 0.339 e. The molecule has 0 radical (unpaired) electrons. The van der Waals surface area contributed by atoms with Crippen LogP contribution in [0.1, 0.15) is 16.8 Å². The first-order valence-electron chi connectivity index (χ1n) is 5.87. The number of anilines is 1. The van der Waals surface area contributed by atoms with E-state index in [1.54, 1.807) is 12.4 Å². The summed E-state index contributed by atoms with van der Waals surface area (Å²) >= 11 is 0. The molecule has 0 atom stereocenters. The van der Waals surface area contributed by atoms with Gasteiger partial charge in [-0.2, -0.15) is 0 Å². The second kappa shape index (κ2) is 4.34. The van der Waals surface area contributed by atoms with Crippen molar-refractivity contribution in [1.29, 1.82) is 0 Å². The fraction of sp³-hybridized carbons (Fsp3) is 0.167. The van der Waals surface area contributed by atoms with Crippen molar-refractivity contribution in [2.45, 2.75) is 6.42 Å². The highest BCUT2D eigenvalue weighted by Crippen LogP contribution is 2.21. The third kappa shape index (κ3) is 1.87. The molecular weight excluding hydrogens is 264 g/mol. The fourth-order valence-corrected chi connectivity index (χ4v) is 2.13. The van der Waals surface area contributed by atoms with E-state index >= 15 is 0 Å². The Kier molecular flexibility index (Phi) is 2.63. The van der Waals surface area contributed by atoms with Gasteiger partial charge in [0.1, 0.15) is 5.56 Å². The molecule has 0 saturated carbocycles. The SMILES string of the molecule is O=C1CCN(c2cc(C(=O)O)c3nccn3c2)C(=O)N1. The van der Waals surface area contributed by atoms with Gasteiger partial charge in [-0.3, -0.25) is 15.0 Å².